The third kappa shape index (κ3) is 5.15. The Kier molecular flexibility index (Phi) is 6.24. The Hall–Kier alpha value is -3.20. The van der Waals surface area contributed by atoms with E-state index in [0.717, 1.165) is 5.56 Å². The molecule has 1 N–H and O–H groups in total. The molecule has 1 unspecified atom stereocenters. The molecule has 0 heterocycles. The number of hydrogen-bond acceptors (Lipinski definition) is 3. The van der Waals surface area contributed by atoms with Crippen LogP contribution in [0.25, 0.3) is 0 Å². The second-order valence-corrected chi connectivity index (χ2v) is 5.49. The van der Waals surface area contributed by atoms with Crippen molar-refractivity contribution in [2.75, 3.05) is 11.4 Å². The zero-order chi connectivity index (χ0) is 18.2. The highest BCUT2D eigenvalue weighted by molar-refractivity contribution is 5.94. The van der Waals surface area contributed by atoms with Crippen LogP contribution in [0.2, 0.25) is 0 Å². The highest BCUT2D eigenvalue weighted by atomic mass is 19.1. The second kappa shape index (κ2) is 8.60. The lowest BCUT2D eigenvalue weighted by molar-refractivity contribution is -0.121. The van der Waals surface area contributed by atoms with Gasteiger partial charge in [-0.25, -0.2) is 4.39 Å². The van der Waals surface area contributed by atoms with Crippen molar-refractivity contribution in [3.63, 3.8) is 0 Å². The van der Waals surface area contributed by atoms with Crippen LogP contribution in [0.4, 0.5) is 10.1 Å². The number of anilines is 1. The number of halogens is 1. The lowest BCUT2D eigenvalue weighted by atomic mass is 10.0. The summed E-state index contributed by atoms with van der Waals surface area (Å²) in [5, 5.41) is 11.7. The molecular formula is C19H18FN3O2. The summed E-state index contributed by atoms with van der Waals surface area (Å²) in [6.45, 7) is 1.17. The van der Waals surface area contributed by atoms with E-state index in [0.29, 0.717) is 5.69 Å². The quantitative estimate of drug-likeness (QED) is 0.822. The Labute approximate surface area is 145 Å². The van der Waals surface area contributed by atoms with E-state index in [4.69, 9.17) is 5.26 Å². The molecule has 128 valence electrons. The minimum atomic E-state index is -0.527. The maximum atomic E-state index is 13.5. The van der Waals surface area contributed by atoms with Crippen molar-refractivity contribution < 1.29 is 14.0 Å². The molecule has 2 aromatic carbocycles. The molecule has 2 amide bonds. The van der Waals surface area contributed by atoms with Crippen molar-refractivity contribution in [1.29, 1.82) is 5.26 Å². The van der Waals surface area contributed by atoms with Crippen LogP contribution in [0, 0.1) is 17.1 Å². The molecule has 0 fully saturated rings. The third-order valence-electron chi connectivity index (χ3n) is 3.61. The Balaban J connectivity index is 2.25. The number of carbonyl (C=O) groups excluding carboxylic acids is 2. The van der Waals surface area contributed by atoms with E-state index in [1.54, 1.807) is 6.07 Å². The van der Waals surface area contributed by atoms with Gasteiger partial charge in [0, 0.05) is 12.6 Å². The first kappa shape index (κ1) is 18.1. The van der Waals surface area contributed by atoms with E-state index in [-0.39, 0.29) is 24.8 Å². The minimum absolute atomic E-state index is 0.0399. The van der Waals surface area contributed by atoms with Gasteiger partial charge in [0.15, 0.2) is 0 Å². The Morgan fingerprint density at radius 3 is 2.52 bits per heavy atom. The highest BCUT2D eigenvalue weighted by Crippen LogP contribution is 2.21. The number of nitrogens with zero attached hydrogens (tertiary/aromatic N) is 2. The van der Waals surface area contributed by atoms with E-state index in [9.17, 15) is 14.0 Å². The molecular weight excluding hydrogens is 321 g/mol. The summed E-state index contributed by atoms with van der Waals surface area (Å²) < 4.78 is 13.5. The fourth-order valence-corrected chi connectivity index (χ4v) is 2.51. The van der Waals surface area contributed by atoms with Gasteiger partial charge in [-0.05, 0) is 23.8 Å². The van der Waals surface area contributed by atoms with E-state index in [1.165, 1.54) is 30.0 Å². The van der Waals surface area contributed by atoms with Crippen molar-refractivity contribution in [2.24, 2.45) is 0 Å². The largest absolute Gasteiger partial charge is 0.349 e. The average molecular weight is 339 g/mol. The zero-order valence-corrected chi connectivity index (χ0v) is 13.8. The molecule has 0 aliphatic heterocycles. The van der Waals surface area contributed by atoms with Crippen LogP contribution in [-0.4, -0.2) is 18.4 Å². The normalized spacial score (nSPS) is 11.2. The highest BCUT2D eigenvalue weighted by Gasteiger charge is 2.22. The molecule has 1 atom stereocenters. The predicted molar refractivity (Wildman–Crippen MR) is 92.0 cm³/mol. The summed E-state index contributed by atoms with van der Waals surface area (Å²) in [5.41, 5.74) is 1.09. The van der Waals surface area contributed by atoms with Crippen molar-refractivity contribution in [3.05, 3.63) is 66.0 Å². The molecule has 0 aliphatic rings. The van der Waals surface area contributed by atoms with E-state index >= 15 is 0 Å². The monoisotopic (exact) mass is 339 g/mol. The molecule has 0 aromatic heterocycles. The topological polar surface area (TPSA) is 73.2 Å². The first-order valence-corrected chi connectivity index (χ1v) is 7.76. The zero-order valence-electron chi connectivity index (χ0n) is 13.8. The van der Waals surface area contributed by atoms with Gasteiger partial charge >= 0.3 is 0 Å². The van der Waals surface area contributed by atoms with E-state index < -0.39 is 11.9 Å². The van der Waals surface area contributed by atoms with Gasteiger partial charge < -0.3 is 5.32 Å². The molecule has 6 heteroatoms. The molecule has 0 saturated carbocycles. The number of nitrogens with one attached hydrogen (secondary N) is 1. The molecule has 25 heavy (non-hydrogen) atoms. The molecule has 5 nitrogen and oxygen atoms in total. The van der Waals surface area contributed by atoms with Gasteiger partial charge in [0.25, 0.3) is 0 Å². The lowest BCUT2D eigenvalue weighted by Gasteiger charge is -2.24. The van der Waals surface area contributed by atoms with Gasteiger partial charge in [-0.2, -0.15) is 5.26 Å². The summed E-state index contributed by atoms with van der Waals surface area (Å²) in [6.07, 6.45) is -0.0399. The lowest BCUT2D eigenvalue weighted by Crippen LogP contribution is -2.36. The number of hydrogen-bond donors (Lipinski definition) is 1. The van der Waals surface area contributed by atoms with E-state index in [1.807, 2.05) is 36.4 Å². The van der Waals surface area contributed by atoms with Gasteiger partial charge in [0.2, 0.25) is 11.8 Å². The van der Waals surface area contributed by atoms with Crippen molar-refractivity contribution in [2.45, 2.75) is 19.4 Å². The van der Waals surface area contributed by atoms with Gasteiger partial charge in [0.1, 0.15) is 12.4 Å². The van der Waals surface area contributed by atoms with Crippen LogP contribution < -0.4 is 10.2 Å². The second-order valence-electron chi connectivity index (χ2n) is 5.49. The molecule has 0 saturated heterocycles. The smallest absolute Gasteiger partial charge is 0.230 e. The van der Waals surface area contributed by atoms with Crippen LogP contribution >= 0.6 is 0 Å². The number of carbonyl (C=O) groups is 2. The third-order valence-corrected chi connectivity index (χ3v) is 3.61. The molecule has 0 spiro atoms. The van der Waals surface area contributed by atoms with Gasteiger partial charge in [-0.15, -0.1) is 0 Å². The minimum Gasteiger partial charge on any atom is -0.349 e. The molecule has 0 aliphatic carbocycles. The molecule has 0 bridgehead atoms. The standard InChI is InChI=1S/C19H18FN3O2/c1-14(24)22-18(15-6-3-2-4-7-15)13-19(25)23(11-10-21)17-9-5-8-16(20)12-17/h2-9,12,18H,11,13H2,1H3,(H,22,24). The summed E-state index contributed by atoms with van der Waals surface area (Å²) in [6, 6.07) is 16.0. The molecule has 2 aromatic rings. The van der Waals surface area contributed by atoms with Crippen LogP contribution in [0.15, 0.2) is 54.6 Å². The Morgan fingerprint density at radius 2 is 1.92 bits per heavy atom. The first-order valence-electron chi connectivity index (χ1n) is 7.76. The maximum absolute atomic E-state index is 13.5. The summed E-state index contributed by atoms with van der Waals surface area (Å²) in [7, 11) is 0. The van der Waals surface area contributed by atoms with Crippen LogP contribution in [-0.2, 0) is 9.59 Å². The summed E-state index contributed by atoms with van der Waals surface area (Å²) in [4.78, 5) is 25.4. The van der Waals surface area contributed by atoms with Gasteiger partial charge in [0.05, 0.1) is 18.5 Å². The number of benzene rings is 2. The van der Waals surface area contributed by atoms with Gasteiger partial charge in [-0.1, -0.05) is 36.4 Å². The fraction of sp³-hybridized carbons (Fsp3) is 0.211. The summed E-state index contributed by atoms with van der Waals surface area (Å²) >= 11 is 0. The van der Waals surface area contributed by atoms with Gasteiger partial charge in [-0.3, -0.25) is 14.5 Å². The summed E-state index contributed by atoms with van der Waals surface area (Å²) in [5.74, 6) is -1.14. The van der Waals surface area contributed by atoms with Crippen LogP contribution in [0.5, 0.6) is 0 Å². The van der Waals surface area contributed by atoms with Crippen molar-refractivity contribution >= 4 is 17.5 Å². The van der Waals surface area contributed by atoms with Crippen molar-refractivity contribution in [1.82, 2.24) is 5.32 Å². The fourth-order valence-electron chi connectivity index (χ4n) is 2.51. The SMILES string of the molecule is CC(=O)NC(CC(=O)N(CC#N)c1cccc(F)c1)c1ccccc1. The number of rotatable bonds is 6. The van der Waals surface area contributed by atoms with Crippen LogP contribution in [0.1, 0.15) is 24.9 Å². The molecule has 0 radical (unpaired) electrons. The molecule has 2 rings (SSSR count). The first-order chi connectivity index (χ1) is 12.0. The predicted octanol–water partition coefficient (Wildman–Crippen LogP) is 2.95. The number of amides is 2. The van der Waals surface area contributed by atoms with Crippen molar-refractivity contribution in [3.8, 4) is 6.07 Å². The Bertz CT molecular complexity index is 787. The van der Waals surface area contributed by atoms with E-state index in [2.05, 4.69) is 5.32 Å². The number of nitriles is 1. The van der Waals surface area contributed by atoms with Crippen LogP contribution in [0.3, 0.4) is 0 Å². The Morgan fingerprint density at radius 1 is 1.20 bits per heavy atom. The maximum Gasteiger partial charge on any atom is 0.230 e. The average Bonchev–Trinajstić information content (AvgIpc) is 2.59.